The highest BCUT2D eigenvalue weighted by atomic mass is 79.9. The maximum atomic E-state index is 13.3. The summed E-state index contributed by atoms with van der Waals surface area (Å²) in [4.78, 5) is 1.45. The molecule has 0 aromatic heterocycles. The fraction of sp³-hybridized carbons (Fsp3) is 0.333. The first-order valence-electron chi connectivity index (χ1n) is 4.01. The minimum Gasteiger partial charge on any atom is -0.305 e. The lowest BCUT2D eigenvalue weighted by Gasteiger charge is -2.13. The lowest BCUT2D eigenvalue weighted by molar-refractivity contribution is 0.361. The number of rotatable bonds is 2. The zero-order valence-corrected chi connectivity index (χ0v) is 9.63. The molecule has 0 unspecified atom stereocenters. The van der Waals surface area contributed by atoms with Crippen LogP contribution in [0.1, 0.15) is 5.56 Å². The number of hydrogen-bond acceptors (Lipinski definition) is 1. The molecule has 15 heavy (non-hydrogen) atoms. The monoisotopic (exact) mass is 285 g/mol. The molecule has 0 spiro atoms. The summed E-state index contributed by atoms with van der Waals surface area (Å²) < 4.78 is 51.6. The van der Waals surface area contributed by atoms with Crippen LogP contribution in [0.2, 0.25) is 0 Å². The van der Waals surface area contributed by atoms with Gasteiger partial charge in [0.2, 0.25) is 0 Å². The Morgan fingerprint density at radius 2 is 1.47 bits per heavy atom. The summed E-state index contributed by atoms with van der Waals surface area (Å²) in [6, 6.07) is 0. The number of hydrogen-bond donors (Lipinski definition) is 0. The van der Waals surface area contributed by atoms with E-state index in [9.17, 15) is 17.6 Å². The van der Waals surface area contributed by atoms with E-state index >= 15 is 0 Å². The van der Waals surface area contributed by atoms with Crippen molar-refractivity contribution in [2.75, 3.05) is 14.1 Å². The van der Waals surface area contributed by atoms with Gasteiger partial charge in [-0.25, -0.2) is 17.6 Å². The standard InChI is InChI=1S/C9H8BrF4N/c1-15(2)3-4-6(11)5(10)8(13)9(14)7(4)12/h3H2,1-2H3. The van der Waals surface area contributed by atoms with Crippen LogP contribution in [0.3, 0.4) is 0 Å². The molecule has 0 fully saturated rings. The van der Waals surface area contributed by atoms with Crippen LogP contribution in [0.5, 0.6) is 0 Å². The van der Waals surface area contributed by atoms with E-state index in [0.29, 0.717) is 0 Å². The van der Waals surface area contributed by atoms with Crippen molar-refractivity contribution in [2.24, 2.45) is 0 Å². The molecule has 0 radical (unpaired) electrons. The molecule has 0 N–H and O–H groups in total. The van der Waals surface area contributed by atoms with Gasteiger partial charge in [-0.1, -0.05) is 0 Å². The van der Waals surface area contributed by atoms with Gasteiger partial charge in [-0.2, -0.15) is 0 Å². The summed E-state index contributed by atoms with van der Waals surface area (Å²) in [7, 11) is 3.13. The van der Waals surface area contributed by atoms with Crippen LogP contribution in [0.4, 0.5) is 17.6 Å². The van der Waals surface area contributed by atoms with Crippen molar-refractivity contribution in [3.8, 4) is 0 Å². The maximum Gasteiger partial charge on any atom is 0.196 e. The van der Waals surface area contributed by atoms with Crippen LogP contribution in [0.15, 0.2) is 4.47 Å². The van der Waals surface area contributed by atoms with Crippen molar-refractivity contribution in [3.63, 3.8) is 0 Å². The van der Waals surface area contributed by atoms with Crippen molar-refractivity contribution >= 4 is 15.9 Å². The topological polar surface area (TPSA) is 3.24 Å². The predicted octanol–water partition coefficient (Wildman–Crippen LogP) is 3.07. The Kier molecular flexibility index (Phi) is 3.72. The molecule has 84 valence electrons. The Morgan fingerprint density at radius 1 is 0.933 bits per heavy atom. The van der Waals surface area contributed by atoms with Crippen molar-refractivity contribution in [2.45, 2.75) is 6.54 Å². The van der Waals surface area contributed by atoms with Gasteiger partial charge in [-0.15, -0.1) is 0 Å². The quantitative estimate of drug-likeness (QED) is 0.459. The molecule has 0 bridgehead atoms. The summed E-state index contributed by atoms with van der Waals surface area (Å²) in [6.45, 7) is -0.145. The molecule has 1 aromatic rings. The SMILES string of the molecule is CN(C)Cc1c(F)c(F)c(F)c(Br)c1F. The van der Waals surface area contributed by atoms with Gasteiger partial charge >= 0.3 is 0 Å². The molecular formula is C9H8BrF4N. The Labute approximate surface area is 92.8 Å². The minimum absolute atomic E-state index is 0.145. The van der Waals surface area contributed by atoms with Gasteiger partial charge in [-0.05, 0) is 30.0 Å². The van der Waals surface area contributed by atoms with Crippen LogP contribution in [-0.2, 0) is 6.54 Å². The second-order valence-corrected chi connectivity index (χ2v) is 4.08. The zero-order chi connectivity index (χ0) is 11.7. The molecule has 6 heteroatoms. The van der Waals surface area contributed by atoms with Crippen LogP contribution < -0.4 is 0 Å². The Bertz CT molecular complexity index is 363. The molecular weight excluding hydrogens is 278 g/mol. The summed E-state index contributed by atoms with van der Waals surface area (Å²) in [5, 5.41) is 0. The Hall–Kier alpha value is -0.620. The summed E-state index contributed by atoms with van der Waals surface area (Å²) in [5.41, 5.74) is -0.495. The summed E-state index contributed by atoms with van der Waals surface area (Å²) in [6.07, 6.45) is 0. The van der Waals surface area contributed by atoms with E-state index < -0.39 is 33.3 Å². The summed E-state index contributed by atoms with van der Waals surface area (Å²) >= 11 is 2.53. The maximum absolute atomic E-state index is 13.3. The van der Waals surface area contributed by atoms with Crippen LogP contribution >= 0.6 is 15.9 Å². The van der Waals surface area contributed by atoms with E-state index in [1.165, 1.54) is 4.90 Å². The Morgan fingerprint density at radius 3 is 1.93 bits per heavy atom. The van der Waals surface area contributed by atoms with Crippen LogP contribution in [0, 0.1) is 23.3 Å². The van der Waals surface area contributed by atoms with Gasteiger partial charge in [-0.3, -0.25) is 0 Å². The second kappa shape index (κ2) is 4.49. The first-order valence-corrected chi connectivity index (χ1v) is 4.80. The third-order valence-corrected chi connectivity index (χ3v) is 2.47. The average molecular weight is 286 g/mol. The first-order chi connectivity index (χ1) is 6.86. The third-order valence-electron chi connectivity index (χ3n) is 1.78. The van der Waals surface area contributed by atoms with Gasteiger partial charge in [0.15, 0.2) is 17.5 Å². The first kappa shape index (κ1) is 12.4. The van der Waals surface area contributed by atoms with Crippen molar-refractivity contribution in [1.29, 1.82) is 0 Å². The second-order valence-electron chi connectivity index (χ2n) is 3.29. The van der Waals surface area contributed by atoms with Gasteiger partial charge in [0.05, 0.1) is 4.47 Å². The van der Waals surface area contributed by atoms with Crippen molar-refractivity contribution < 1.29 is 17.6 Å². The summed E-state index contributed by atoms with van der Waals surface area (Å²) in [5.74, 6) is -5.81. The van der Waals surface area contributed by atoms with E-state index in [2.05, 4.69) is 15.9 Å². The fourth-order valence-electron chi connectivity index (χ4n) is 1.11. The van der Waals surface area contributed by atoms with Gasteiger partial charge < -0.3 is 4.90 Å². The number of nitrogens with zero attached hydrogens (tertiary/aromatic N) is 1. The van der Waals surface area contributed by atoms with Crippen molar-refractivity contribution in [1.82, 2.24) is 4.90 Å². The molecule has 0 aliphatic rings. The molecule has 0 saturated carbocycles. The van der Waals surface area contributed by atoms with E-state index in [4.69, 9.17) is 0 Å². The average Bonchev–Trinajstić information content (AvgIpc) is 2.18. The zero-order valence-electron chi connectivity index (χ0n) is 8.04. The van der Waals surface area contributed by atoms with Crippen LogP contribution in [0.25, 0.3) is 0 Å². The minimum atomic E-state index is -1.67. The Balaban J connectivity index is 3.39. The van der Waals surface area contributed by atoms with Gasteiger partial charge in [0, 0.05) is 12.1 Å². The number of benzene rings is 1. The van der Waals surface area contributed by atoms with Crippen molar-refractivity contribution in [3.05, 3.63) is 33.3 Å². The molecule has 0 amide bonds. The molecule has 0 heterocycles. The van der Waals surface area contributed by atoms with E-state index in [1.54, 1.807) is 14.1 Å². The van der Waals surface area contributed by atoms with E-state index in [0.717, 1.165) is 0 Å². The normalized spacial score (nSPS) is 11.2. The van der Waals surface area contributed by atoms with Crippen LogP contribution in [-0.4, -0.2) is 19.0 Å². The van der Waals surface area contributed by atoms with Gasteiger partial charge in [0.25, 0.3) is 0 Å². The highest BCUT2D eigenvalue weighted by Crippen LogP contribution is 2.28. The lowest BCUT2D eigenvalue weighted by atomic mass is 10.1. The fourth-order valence-corrected chi connectivity index (χ4v) is 1.52. The smallest absolute Gasteiger partial charge is 0.196 e. The predicted molar refractivity (Wildman–Crippen MR) is 51.4 cm³/mol. The third kappa shape index (κ3) is 2.31. The largest absolute Gasteiger partial charge is 0.305 e. The molecule has 0 aliphatic carbocycles. The molecule has 0 atom stereocenters. The molecule has 1 aromatic carbocycles. The molecule has 0 aliphatic heterocycles. The highest BCUT2D eigenvalue weighted by molar-refractivity contribution is 9.10. The van der Waals surface area contributed by atoms with E-state index in [1.807, 2.05) is 0 Å². The molecule has 1 nitrogen and oxygen atoms in total. The molecule has 0 saturated heterocycles. The number of halogens is 5. The molecule has 1 rings (SSSR count). The lowest BCUT2D eigenvalue weighted by Crippen LogP contribution is -2.15. The van der Waals surface area contributed by atoms with Gasteiger partial charge in [0.1, 0.15) is 5.82 Å². The highest BCUT2D eigenvalue weighted by Gasteiger charge is 2.23. The van der Waals surface area contributed by atoms with E-state index in [-0.39, 0.29) is 6.54 Å².